The zero-order chi connectivity index (χ0) is 15.0. The maximum absolute atomic E-state index is 12.0. The van der Waals surface area contributed by atoms with Gasteiger partial charge in [-0.25, -0.2) is 0 Å². The van der Waals surface area contributed by atoms with Crippen LogP contribution in [-0.4, -0.2) is 36.2 Å². The number of benzene rings is 1. The van der Waals surface area contributed by atoms with Crippen molar-refractivity contribution < 1.29 is 4.79 Å². The van der Waals surface area contributed by atoms with Crippen molar-refractivity contribution in [2.24, 2.45) is 0 Å². The van der Waals surface area contributed by atoms with E-state index in [0.29, 0.717) is 18.7 Å². The van der Waals surface area contributed by atoms with Gasteiger partial charge in [0.15, 0.2) is 0 Å². The standard InChI is InChI=1S/C15H21N3OS/c1-4-18(5-2)15(19)11-17-13-8-7-9-14(20-6-3)12(13)10-16/h7-9,17H,4-6,11H2,1-3H3. The van der Waals surface area contributed by atoms with E-state index < -0.39 is 0 Å². The molecule has 0 saturated carbocycles. The summed E-state index contributed by atoms with van der Waals surface area (Å²) in [6.07, 6.45) is 0. The molecule has 0 unspecified atom stereocenters. The van der Waals surface area contributed by atoms with Crippen LogP contribution < -0.4 is 5.32 Å². The van der Waals surface area contributed by atoms with Crippen molar-refractivity contribution in [1.29, 1.82) is 5.26 Å². The molecular formula is C15H21N3OS. The first kappa shape index (κ1) is 16.4. The second-order valence-corrected chi connectivity index (χ2v) is 5.45. The third kappa shape index (κ3) is 4.17. The molecule has 0 spiro atoms. The molecule has 0 heterocycles. The van der Waals surface area contributed by atoms with E-state index in [1.54, 1.807) is 16.7 Å². The molecule has 20 heavy (non-hydrogen) atoms. The van der Waals surface area contributed by atoms with Crippen molar-refractivity contribution in [3.05, 3.63) is 23.8 Å². The minimum Gasteiger partial charge on any atom is -0.375 e. The highest BCUT2D eigenvalue weighted by Gasteiger charge is 2.12. The molecule has 0 aliphatic heterocycles. The van der Waals surface area contributed by atoms with Crippen LogP contribution in [0.1, 0.15) is 26.3 Å². The van der Waals surface area contributed by atoms with Crippen molar-refractivity contribution >= 4 is 23.4 Å². The third-order valence-electron chi connectivity index (χ3n) is 2.98. The third-order valence-corrected chi connectivity index (χ3v) is 3.92. The van der Waals surface area contributed by atoms with Crippen LogP contribution in [0, 0.1) is 11.3 Å². The van der Waals surface area contributed by atoms with E-state index in [1.807, 2.05) is 32.0 Å². The summed E-state index contributed by atoms with van der Waals surface area (Å²) < 4.78 is 0. The molecule has 0 aromatic heterocycles. The number of rotatable bonds is 7. The Bertz CT molecular complexity index is 492. The first-order chi connectivity index (χ1) is 9.67. The van der Waals surface area contributed by atoms with E-state index in [4.69, 9.17) is 0 Å². The monoisotopic (exact) mass is 291 g/mol. The van der Waals surface area contributed by atoms with E-state index in [1.165, 1.54) is 0 Å². The zero-order valence-corrected chi connectivity index (χ0v) is 13.1. The molecule has 4 nitrogen and oxygen atoms in total. The smallest absolute Gasteiger partial charge is 0.241 e. The van der Waals surface area contributed by atoms with Crippen LogP contribution >= 0.6 is 11.8 Å². The highest BCUT2D eigenvalue weighted by Crippen LogP contribution is 2.27. The molecule has 108 valence electrons. The number of nitrogens with one attached hydrogen (secondary N) is 1. The molecule has 0 saturated heterocycles. The van der Waals surface area contributed by atoms with Gasteiger partial charge in [-0.15, -0.1) is 11.8 Å². The van der Waals surface area contributed by atoms with Gasteiger partial charge >= 0.3 is 0 Å². The van der Waals surface area contributed by atoms with Gasteiger partial charge in [0.2, 0.25) is 5.91 Å². The molecule has 0 fully saturated rings. The predicted molar refractivity (Wildman–Crippen MR) is 84.0 cm³/mol. The average Bonchev–Trinajstić information content (AvgIpc) is 2.46. The molecule has 1 aromatic rings. The molecule has 1 N–H and O–H groups in total. The van der Waals surface area contributed by atoms with Gasteiger partial charge in [0.05, 0.1) is 17.8 Å². The highest BCUT2D eigenvalue weighted by atomic mass is 32.2. The molecule has 0 bridgehead atoms. The lowest BCUT2D eigenvalue weighted by molar-refractivity contribution is -0.128. The Balaban J connectivity index is 2.80. The van der Waals surface area contributed by atoms with Gasteiger partial charge < -0.3 is 10.2 Å². The zero-order valence-electron chi connectivity index (χ0n) is 12.3. The molecule has 0 atom stereocenters. The lowest BCUT2D eigenvalue weighted by Crippen LogP contribution is -2.35. The summed E-state index contributed by atoms with van der Waals surface area (Å²) in [5, 5.41) is 12.4. The van der Waals surface area contributed by atoms with Crippen LogP contribution in [0.5, 0.6) is 0 Å². The Morgan fingerprint density at radius 3 is 2.60 bits per heavy atom. The van der Waals surface area contributed by atoms with Crippen molar-refractivity contribution in [2.75, 3.05) is 30.7 Å². The predicted octanol–water partition coefficient (Wildman–Crippen LogP) is 2.95. The largest absolute Gasteiger partial charge is 0.375 e. The molecule has 1 amide bonds. The summed E-state index contributed by atoms with van der Waals surface area (Å²) >= 11 is 1.63. The second kappa shape index (κ2) is 8.49. The minimum atomic E-state index is 0.0486. The van der Waals surface area contributed by atoms with Crippen molar-refractivity contribution in [2.45, 2.75) is 25.7 Å². The highest BCUT2D eigenvalue weighted by molar-refractivity contribution is 7.99. The summed E-state index contributed by atoms with van der Waals surface area (Å²) in [4.78, 5) is 14.7. The number of likely N-dealkylation sites (N-methyl/N-ethyl adjacent to an activating group) is 1. The van der Waals surface area contributed by atoms with Crippen molar-refractivity contribution in [3.63, 3.8) is 0 Å². The van der Waals surface area contributed by atoms with Crippen LogP contribution in [-0.2, 0) is 4.79 Å². The molecule has 1 rings (SSSR count). The molecule has 0 radical (unpaired) electrons. The van der Waals surface area contributed by atoms with Crippen LogP contribution in [0.25, 0.3) is 0 Å². The summed E-state index contributed by atoms with van der Waals surface area (Å²) in [7, 11) is 0. The van der Waals surface area contributed by atoms with Crippen LogP contribution in [0.4, 0.5) is 5.69 Å². The van der Waals surface area contributed by atoms with Crippen LogP contribution in [0.15, 0.2) is 23.1 Å². The fourth-order valence-corrected chi connectivity index (χ4v) is 2.71. The van der Waals surface area contributed by atoms with Crippen LogP contribution in [0.2, 0.25) is 0 Å². The van der Waals surface area contributed by atoms with E-state index in [0.717, 1.165) is 16.3 Å². The SMILES string of the molecule is CCSc1cccc(NCC(=O)N(CC)CC)c1C#N. The summed E-state index contributed by atoms with van der Waals surface area (Å²) in [5.41, 5.74) is 1.35. The van der Waals surface area contributed by atoms with Gasteiger partial charge in [-0.1, -0.05) is 13.0 Å². The van der Waals surface area contributed by atoms with Gasteiger partial charge in [0.1, 0.15) is 6.07 Å². The topological polar surface area (TPSA) is 56.1 Å². The van der Waals surface area contributed by atoms with Gasteiger partial charge in [-0.05, 0) is 31.7 Å². The number of thioether (sulfide) groups is 1. The number of nitrogens with zero attached hydrogens (tertiary/aromatic N) is 2. The number of amides is 1. The Kier molecular flexibility index (Phi) is 6.96. The Morgan fingerprint density at radius 2 is 2.05 bits per heavy atom. The number of carbonyl (C=O) groups is 1. The number of hydrogen-bond donors (Lipinski definition) is 1. The fourth-order valence-electron chi connectivity index (χ4n) is 1.93. The Morgan fingerprint density at radius 1 is 1.35 bits per heavy atom. The lowest BCUT2D eigenvalue weighted by Gasteiger charge is -2.19. The molecule has 0 aliphatic rings. The molecule has 1 aromatic carbocycles. The first-order valence-corrected chi connectivity index (χ1v) is 7.83. The summed E-state index contributed by atoms with van der Waals surface area (Å²) in [6.45, 7) is 7.59. The maximum Gasteiger partial charge on any atom is 0.241 e. The van der Waals surface area contributed by atoms with E-state index in [2.05, 4.69) is 18.3 Å². The summed E-state index contributed by atoms with van der Waals surface area (Å²) in [6, 6.07) is 7.90. The molecular weight excluding hydrogens is 270 g/mol. The number of hydrogen-bond acceptors (Lipinski definition) is 4. The first-order valence-electron chi connectivity index (χ1n) is 6.85. The Labute approximate surface area is 125 Å². The van der Waals surface area contributed by atoms with Gasteiger partial charge in [-0.3, -0.25) is 4.79 Å². The minimum absolute atomic E-state index is 0.0486. The quantitative estimate of drug-likeness (QED) is 0.785. The van der Waals surface area contributed by atoms with E-state index >= 15 is 0 Å². The normalized spacial score (nSPS) is 9.90. The number of carbonyl (C=O) groups excluding carboxylic acids is 1. The number of anilines is 1. The van der Waals surface area contributed by atoms with Crippen LogP contribution in [0.3, 0.4) is 0 Å². The summed E-state index contributed by atoms with van der Waals surface area (Å²) in [5.74, 6) is 0.962. The fraction of sp³-hybridized carbons (Fsp3) is 0.467. The van der Waals surface area contributed by atoms with E-state index in [-0.39, 0.29) is 12.5 Å². The maximum atomic E-state index is 12.0. The Hall–Kier alpha value is -1.67. The van der Waals surface area contributed by atoms with Gasteiger partial charge in [-0.2, -0.15) is 5.26 Å². The van der Waals surface area contributed by atoms with Crippen molar-refractivity contribution in [1.82, 2.24) is 4.90 Å². The number of nitriles is 1. The van der Waals surface area contributed by atoms with Gasteiger partial charge in [0.25, 0.3) is 0 Å². The average molecular weight is 291 g/mol. The lowest BCUT2D eigenvalue weighted by atomic mass is 10.2. The van der Waals surface area contributed by atoms with Gasteiger partial charge in [0, 0.05) is 18.0 Å². The van der Waals surface area contributed by atoms with E-state index in [9.17, 15) is 10.1 Å². The second-order valence-electron chi connectivity index (χ2n) is 4.14. The molecule has 0 aliphatic carbocycles. The molecule has 5 heteroatoms. The van der Waals surface area contributed by atoms with Crippen molar-refractivity contribution in [3.8, 4) is 6.07 Å².